The van der Waals surface area contributed by atoms with Gasteiger partial charge in [0.05, 0.1) is 18.8 Å². The smallest absolute Gasteiger partial charge is 0.462 e. The van der Waals surface area contributed by atoms with Gasteiger partial charge >= 0.3 is 19.8 Å². The summed E-state index contributed by atoms with van der Waals surface area (Å²) in [4.78, 5) is 42.8. The summed E-state index contributed by atoms with van der Waals surface area (Å²) in [6.07, 6.45) is 36.8. The number of ether oxygens (including phenoxy) is 2. The highest BCUT2D eigenvalue weighted by molar-refractivity contribution is 7.46. The molecule has 0 aromatic heterocycles. The number of phosphoric acid groups is 1. The third-order valence-corrected chi connectivity index (χ3v) is 8.70. The van der Waals surface area contributed by atoms with E-state index in [-0.39, 0.29) is 25.7 Å². The van der Waals surface area contributed by atoms with E-state index in [1.54, 1.807) is 0 Å². The van der Waals surface area contributed by atoms with Gasteiger partial charge in [0.2, 0.25) is 0 Å². The molecule has 0 saturated carbocycles. The predicted molar refractivity (Wildman–Crippen MR) is 209 cm³/mol. The van der Waals surface area contributed by atoms with Gasteiger partial charge in [-0.3, -0.25) is 14.1 Å². The highest BCUT2D eigenvalue weighted by Gasteiger charge is 2.23. The first-order valence-electron chi connectivity index (χ1n) is 19.7. The third kappa shape index (κ3) is 36.0. The molecule has 4 N–H and O–H groups in total. The van der Waals surface area contributed by atoms with Gasteiger partial charge in [0.25, 0.3) is 0 Å². The van der Waals surface area contributed by atoms with Crippen molar-refractivity contribution < 1.29 is 48.2 Å². The van der Waals surface area contributed by atoms with E-state index >= 15 is 0 Å². The van der Waals surface area contributed by atoms with E-state index in [1.807, 2.05) is 12.2 Å². The van der Waals surface area contributed by atoms with Crippen molar-refractivity contribution in [1.82, 2.24) is 0 Å². The molecule has 0 saturated heterocycles. The fraction of sp³-hybridized carbons (Fsp3) is 0.707. The van der Waals surface area contributed by atoms with Crippen molar-refractivity contribution in [3.05, 3.63) is 60.8 Å². The number of hydrogen-bond acceptors (Lipinski definition) is 8. The minimum Gasteiger partial charge on any atom is -0.462 e. The molecular formula is C41H71O10P. The van der Waals surface area contributed by atoms with Gasteiger partial charge in [0, 0.05) is 12.8 Å². The number of phosphoric ester groups is 1. The van der Waals surface area contributed by atoms with Crippen LogP contribution >= 0.6 is 7.82 Å². The van der Waals surface area contributed by atoms with Gasteiger partial charge in [-0.15, -0.1) is 0 Å². The second-order valence-corrected chi connectivity index (χ2v) is 14.4. The van der Waals surface area contributed by atoms with Gasteiger partial charge in [-0.2, -0.15) is 0 Å². The number of aliphatic hydroxyl groups excluding tert-OH is 2. The van der Waals surface area contributed by atoms with Crippen LogP contribution in [-0.4, -0.2) is 63.5 Å². The molecule has 11 heteroatoms. The zero-order chi connectivity index (χ0) is 38.5. The molecule has 52 heavy (non-hydrogen) atoms. The number of carbonyl (C=O) groups is 2. The fourth-order valence-corrected chi connectivity index (χ4v) is 5.45. The van der Waals surface area contributed by atoms with Crippen LogP contribution in [0.15, 0.2) is 60.8 Å². The Balaban J connectivity index is 4.24. The summed E-state index contributed by atoms with van der Waals surface area (Å²) in [6.45, 7) is 3.35. The number of carbonyl (C=O) groups excluding carboxylic acids is 2. The average molecular weight is 755 g/mol. The Morgan fingerprint density at radius 2 is 1.06 bits per heavy atom. The number of rotatable bonds is 35. The van der Waals surface area contributed by atoms with E-state index in [9.17, 15) is 24.4 Å². The molecular weight excluding hydrogens is 683 g/mol. The zero-order valence-corrected chi connectivity index (χ0v) is 33.1. The second-order valence-electron chi connectivity index (χ2n) is 13.2. The summed E-state index contributed by atoms with van der Waals surface area (Å²) in [5, 5.41) is 20.5. The van der Waals surface area contributed by atoms with Crippen LogP contribution in [-0.2, 0) is 28.2 Å². The molecule has 3 atom stereocenters. The van der Waals surface area contributed by atoms with Crippen molar-refractivity contribution in [3.8, 4) is 0 Å². The molecule has 0 heterocycles. The molecule has 0 aromatic rings. The maximum Gasteiger partial charge on any atom is 0.469 e. The molecule has 0 aliphatic rings. The van der Waals surface area contributed by atoms with Crippen LogP contribution in [0.2, 0.25) is 0 Å². The zero-order valence-electron chi connectivity index (χ0n) is 32.2. The number of aliphatic hydroxyl groups is 2. The standard InChI is InChI=1S/C41H71O10P/c1-3-5-7-9-11-13-15-17-18-19-21-23-25-27-29-33-41(45)51-37(36-50-52(46,47)48)35-49-40(44)34-30-32-39(43)38(42)31-28-26-24-22-20-16-14-12-10-8-6-4-2/h11-14,17-18,20,22,26,28,37-39,42-43H,3-10,15-16,19,21,23-25,27,29-36H2,1-2H3,(H2,46,47,48)/b13-11-,14-12-,18-17-,22-20-,28-26-/t37-,38?,39?/m1/s1. The Labute approximate surface area is 314 Å². The van der Waals surface area contributed by atoms with Crippen LogP contribution in [0.4, 0.5) is 0 Å². The molecule has 0 fully saturated rings. The number of unbranched alkanes of at least 4 members (excludes halogenated alkanes) is 11. The Morgan fingerprint density at radius 3 is 1.62 bits per heavy atom. The first-order valence-corrected chi connectivity index (χ1v) is 21.3. The molecule has 2 unspecified atom stereocenters. The molecule has 0 aliphatic heterocycles. The summed E-state index contributed by atoms with van der Waals surface area (Å²) < 4.78 is 26.2. The van der Waals surface area contributed by atoms with Crippen LogP contribution in [0.3, 0.4) is 0 Å². The Bertz CT molecular complexity index is 1060. The second kappa shape index (κ2) is 35.7. The Hall–Kier alpha value is -2.33. The lowest BCUT2D eigenvalue weighted by Crippen LogP contribution is -2.29. The highest BCUT2D eigenvalue weighted by atomic mass is 31.2. The van der Waals surface area contributed by atoms with Crippen LogP contribution in [0.5, 0.6) is 0 Å². The SMILES string of the molecule is CCCCC/C=C\C/C=C\C/C=C\CC(O)C(O)CCCC(=O)OC[C@H](COP(=O)(O)O)OC(=O)CCCCCCC/C=C\C/C=C\CCCCC. The van der Waals surface area contributed by atoms with Crippen LogP contribution in [0.25, 0.3) is 0 Å². The molecule has 10 nitrogen and oxygen atoms in total. The number of allylic oxidation sites excluding steroid dienone is 9. The molecule has 0 amide bonds. The molecule has 0 radical (unpaired) electrons. The van der Waals surface area contributed by atoms with Gasteiger partial charge < -0.3 is 29.5 Å². The largest absolute Gasteiger partial charge is 0.469 e. The van der Waals surface area contributed by atoms with E-state index in [1.165, 1.54) is 38.5 Å². The van der Waals surface area contributed by atoms with Gasteiger partial charge in [-0.25, -0.2) is 4.57 Å². The maximum absolute atomic E-state index is 12.4. The first kappa shape index (κ1) is 49.7. The normalized spacial score (nSPS) is 14.3. The maximum atomic E-state index is 12.4. The minimum atomic E-state index is -4.83. The summed E-state index contributed by atoms with van der Waals surface area (Å²) in [7, 11) is -4.83. The van der Waals surface area contributed by atoms with E-state index in [4.69, 9.17) is 19.3 Å². The van der Waals surface area contributed by atoms with Gasteiger partial charge in [0.15, 0.2) is 6.10 Å². The highest BCUT2D eigenvalue weighted by Crippen LogP contribution is 2.36. The quantitative estimate of drug-likeness (QED) is 0.0212. The van der Waals surface area contributed by atoms with E-state index in [0.29, 0.717) is 12.8 Å². The molecule has 0 spiro atoms. The predicted octanol–water partition coefficient (Wildman–Crippen LogP) is 9.68. The molecule has 0 bridgehead atoms. The molecule has 0 aromatic carbocycles. The minimum absolute atomic E-state index is 0.0521. The van der Waals surface area contributed by atoms with Crippen molar-refractivity contribution in [2.24, 2.45) is 0 Å². The average Bonchev–Trinajstić information content (AvgIpc) is 3.11. The van der Waals surface area contributed by atoms with Crippen molar-refractivity contribution >= 4 is 19.8 Å². The lowest BCUT2D eigenvalue weighted by atomic mass is 10.0. The lowest BCUT2D eigenvalue weighted by molar-refractivity contribution is -0.161. The van der Waals surface area contributed by atoms with E-state index in [2.05, 4.69) is 67.0 Å². The summed E-state index contributed by atoms with van der Waals surface area (Å²) in [6, 6.07) is 0. The van der Waals surface area contributed by atoms with Crippen molar-refractivity contribution in [1.29, 1.82) is 0 Å². The first-order chi connectivity index (χ1) is 25.1. The summed E-state index contributed by atoms with van der Waals surface area (Å²) in [5.74, 6) is -1.19. The number of esters is 2. The van der Waals surface area contributed by atoms with Crippen molar-refractivity contribution in [2.45, 2.75) is 173 Å². The molecule has 0 aliphatic carbocycles. The fourth-order valence-electron chi connectivity index (χ4n) is 5.09. The molecule has 0 rings (SSSR count). The van der Waals surface area contributed by atoms with Crippen LogP contribution < -0.4 is 0 Å². The Kier molecular flexibility index (Phi) is 34.1. The van der Waals surface area contributed by atoms with Gasteiger partial charge in [-0.05, 0) is 83.5 Å². The summed E-state index contributed by atoms with van der Waals surface area (Å²) >= 11 is 0. The van der Waals surface area contributed by atoms with Gasteiger partial charge in [-0.1, -0.05) is 120 Å². The third-order valence-electron chi connectivity index (χ3n) is 8.21. The Morgan fingerprint density at radius 1 is 0.577 bits per heavy atom. The van der Waals surface area contributed by atoms with Crippen molar-refractivity contribution in [3.63, 3.8) is 0 Å². The topological polar surface area (TPSA) is 160 Å². The van der Waals surface area contributed by atoms with E-state index < -0.39 is 51.3 Å². The monoisotopic (exact) mass is 754 g/mol. The van der Waals surface area contributed by atoms with Crippen LogP contribution in [0, 0.1) is 0 Å². The number of hydrogen-bond donors (Lipinski definition) is 4. The van der Waals surface area contributed by atoms with E-state index in [0.717, 1.165) is 64.2 Å². The van der Waals surface area contributed by atoms with Gasteiger partial charge in [0.1, 0.15) is 6.61 Å². The van der Waals surface area contributed by atoms with Crippen LogP contribution in [0.1, 0.15) is 155 Å². The lowest BCUT2D eigenvalue weighted by Gasteiger charge is -2.19. The molecule has 300 valence electrons. The van der Waals surface area contributed by atoms with Crippen molar-refractivity contribution in [2.75, 3.05) is 13.2 Å². The summed E-state index contributed by atoms with van der Waals surface area (Å²) in [5.41, 5.74) is 0.